The van der Waals surface area contributed by atoms with Crippen molar-refractivity contribution in [2.75, 3.05) is 11.9 Å². The topological polar surface area (TPSA) is 122 Å². The standard InChI is InChI=1S/C30H32FN5O4/c1-16-9-10-32-29(40-16)35-24-13-21(17(2)34-27(24)38)20-7-6-8-25(22(20)15-37)36-28(39)26-18(14-33-36)11-19(12-23(26)31)30(3,4)5/h6-8,11-14,16,37H,9-10,15H2,1-5H3,(H,32,35)(H,34,38). The summed E-state index contributed by atoms with van der Waals surface area (Å²) in [4.78, 5) is 33.4. The molecular formula is C30H32FN5O4. The summed E-state index contributed by atoms with van der Waals surface area (Å²) in [6, 6.07) is 10.2. The zero-order chi connectivity index (χ0) is 28.8. The summed E-state index contributed by atoms with van der Waals surface area (Å²) < 4.78 is 22.1. The highest BCUT2D eigenvalue weighted by Gasteiger charge is 2.22. The zero-order valence-electron chi connectivity index (χ0n) is 23.1. The molecule has 40 heavy (non-hydrogen) atoms. The molecule has 2 aromatic carbocycles. The molecule has 5 rings (SSSR count). The zero-order valence-corrected chi connectivity index (χ0v) is 23.1. The minimum absolute atomic E-state index is 0.0284. The molecule has 4 aromatic rings. The molecular weight excluding hydrogens is 513 g/mol. The summed E-state index contributed by atoms with van der Waals surface area (Å²) in [5.41, 5.74) is 2.13. The number of halogens is 1. The number of aliphatic imine (C=N–C) groups is 1. The van der Waals surface area contributed by atoms with Crippen LogP contribution >= 0.6 is 0 Å². The third-order valence-corrected chi connectivity index (χ3v) is 7.12. The smallest absolute Gasteiger partial charge is 0.289 e. The summed E-state index contributed by atoms with van der Waals surface area (Å²) in [6.45, 7) is 9.73. The van der Waals surface area contributed by atoms with E-state index in [9.17, 15) is 14.7 Å². The van der Waals surface area contributed by atoms with Gasteiger partial charge in [0.15, 0.2) is 0 Å². The minimum Gasteiger partial charge on any atom is -0.462 e. The highest BCUT2D eigenvalue weighted by molar-refractivity contribution is 5.90. The summed E-state index contributed by atoms with van der Waals surface area (Å²) >= 11 is 0. The average molecular weight is 546 g/mol. The first-order valence-corrected chi connectivity index (χ1v) is 13.2. The van der Waals surface area contributed by atoms with E-state index in [0.717, 1.165) is 16.7 Å². The highest BCUT2D eigenvalue weighted by Crippen LogP contribution is 2.31. The maximum absolute atomic E-state index is 15.3. The second-order valence-corrected chi connectivity index (χ2v) is 11.1. The number of benzene rings is 2. The number of rotatable bonds is 4. The van der Waals surface area contributed by atoms with E-state index in [2.05, 4.69) is 20.4 Å². The van der Waals surface area contributed by atoms with Gasteiger partial charge in [0.2, 0.25) is 0 Å². The lowest BCUT2D eigenvalue weighted by atomic mass is 9.86. The average Bonchev–Trinajstić information content (AvgIpc) is 2.89. The fraction of sp³-hybridized carbons (Fsp3) is 0.333. The van der Waals surface area contributed by atoms with E-state index in [-0.39, 0.29) is 34.2 Å². The molecule has 208 valence electrons. The van der Waals surface area contributed by atoms with Crippen molar-refractivity contribution in [3.05, 3.63) is 85.9 Å². The quantitative estimate of drug-likeness (QED) is 0.346. The van der Waals surface area contributed by atoms with Crippen molar-refractivity contribution in [1.82, 2.24) is 14.8 Å². The molecule has 2 aromatic heterocycles. The fourth-order valence-electron chi connectivity index (χ4n) is 4.84. The largest absolute Gasteiger partial charge is 0.462 e. The Morgan fingerprint density at radius 3 is 2.67 bits per heavy atom. The molecule has 1 atom stereocenters. The lowest BCUT2D eigenvalue weighted by Crippen LogP contribution is -2.29. The lowest BCUT2D eigenvalue weighted by molar-refractivity contribution is 0.185. The van der Waals surface area contributed by atoms with Crippen molar-refractivity contribution in [3.63, 3.8) is 0 Å². The number of aliphatic hydroxyl groups excluding tert-OH is 1. The summed E-state index contributed by atoms with van der Waals surface area (Å²) in [7, 11) is 0. The van der Waals surface area contributed by atoms with Gasteiger partial charge < -0.3 is 20.1 Å². The molecule has 0 spiro atoms. The van der Waals surface area contributed by atoms with Crippen molar-refractivity contribution < 1.29 is 14.2 Å². The second-order valence-electron chi connectivity index (χ2n) is 11.1. The third-order valence-electron chi connectivity index (χ3n) is 7.12. The van der Waals surface area contributed by atoms with E-state index in [0.29, 0.717) is 40.0 Å². The number of ether oxygens (including phenoxy) is 1. The summed E-state index contributed by atoms with van der Waals surface area (Å²) in [6.07, 6.45) is 2.22. The number of fused-ring (bicyclic) bond motifs is 1. The van der Waals surface area contributed by atoms with Gasteiger partial charge in [-0.1, -0.05) is 32.9 Å². The predicted octanol–water partition coefficient (Wildman–Crippen LogP) is 4.56. The fourth-order valence-corrected chi connectivity index (χ4v) is 4.84. The SMILES string of the molecule is Cc1[nH]c(=O)c(NC2=NCCC(C)O2)cc1-c1cccc(-n2ncc3cc(C(C)(C)C)cc(F)c3c2=O)c1CO. The Labute approximate surface area is 230 Å². The Morgan fingerprint density at radius 1 is 1.20 bits per heavy atom. The van der Waals surface area contributed by atoms with E-state index in [1.54, 1.807) is 37.3 Å². The van der Waals surface area contributed by atoms with Gasteiger partial charge in [-0.25, -0.2) is 9.38 Å². The number of anilines is 1. The lowest BCUT2D eigenvalue weighted by Gasteiger charge is -2.21. The van der Waals surface area contributed by atoms with Gasteiger partial charge in [-0.05, 0) is 54.7 Å². The van der Waals surface area contributed by atoms with Gasteiger partial charge in [0, 0.05) is 35.2 Å². The summed E-state index contributed by atoms with van der Waals surface area (Å²) in [5, 5.41) is 18.1. The highest BCUT2D eigenvalue weighted by atomic mass is 19.1. The molecule has 9 nitrogen and oxygen atoms in total. The second kappa shape index (κ2) is 10.3. The van der Waals surface area contributed by atoms with E-state index in [4.69, 9.17) is 4.74 Å². The van der Waals surface area contributed by atoms with Crippen LogP contribution in [0.2, 0.25) is 0 Å². The van der Waals surface area contributed by atoms with Crippen LogP contribution in [0.4, 0.5) is 10.1 Å². The van der Waals surface area contributed by atoms with Crippen LogP contribution in [-0.4, -0.2) is 38.5 Å². The molecule has 3 N–H and O–H groups in total. The number of aryl methyl sites for hydroxylation is 1. The van der Waals surface area contributed by atoms with Crippen molar-refractivity contribution in [1.29, 1.82) is 0 Å². The number of nitrogens with zero attached hydrogens (tertiary/aromatic N) is 3. The van der Waals surface area contributed by atoms with Crippen molar-refractivity contribution in [3.8, 4) is 16.8 Å². The molecule has 0 radical (unpaired) electrons. The van der Waals surface area contributed by atoms with Crippen molar-refractivity contribution in [2.24, 2.45) is 4.99 Å². The molecule has 0 saturated heterocycles. The van der Waals surface area contributed by atoms with Crippen molar-refractivity contribution in [2.45, 2.75) is 59.2 Å². The van der Waals surface area contributed by atoms with E-state index in [1.807, 2.05) is 27.7 Å². The normalized spacial score (nSPS) is 15.6. The molecule has 1 aliphatic heterocycles. The molecule has 3 heterocycles. The van der Waals surface area contributed by atoms with Crippen LogP contribution in [0.25, 0.3) is 27.6 Å². The first-order chi connectivity index (χ1) is 19.0. The van der Waals surface area contributed by atoms with Gasteiger partial charge in [-0.3, -0.25) is 9.59 Å². The third kappa shape index (κ3) is 5.02. The molecule has 1 aliphatic rings. The summed E-state index contributed by atoms with van der Waals surface area (Å²) in [5.74, 6) is -0.625. The number of amidine groups is 1. The number of hydrogen-bond acceptors (Lipinski definition) is 7. The monoisotopic (exact) mass is 545 g/mol. The van der Waals surface area contributed by atoms with E-state index >= 15 is 4.39 Å². The Hall–Kier alpha value is -4.31. The number of aromatic nitrogens is 3. The van der Waals surface area contributed by atoms with Gasteiger partial charge >= 0.3 is 0 Å². The molecule has 0 amide bonds. The number of pyridine rings is 1. The number of aromatic amines is 1. The molecule has 0 aliphatic carbocycles. The Balaban J connectivity index is 1.64. The number of aliphatic hydroxyl groups is 1. The van der Waals surface area contributed by atoms with Crippen molar-refractivity contribution >= 4 is 22.5 Å². The molecule has 1 unspecified atom stereocenters. The Morgan fingerprint density at radius 2 is 1.98 bits per heavy atom. The molecule has 0 fully saturated rings. The van der Waals surface area contributed by atoms with Crippen LogP contribution in [0.5, 0.6) is 0 Å². The minimum atomic E-state index is -0.635. The number of nitrogens with one attached hydrogen (secondary N) is 2. The first-order valence-electron chi connectivity index (χ1n) is 13.2. The van der Waals surface area contributed by atoms with E-state index in [1.165, 1.54) is 12.3 Å². The number of hydrogen-bond donors (Lipinski definition) is 3. The van der Waals surface area contributed by atoms with Crippen LogP contribution in [0.1, 0.15) is 50.9 Å². The maximum atomic E-state index is 15.3. The first kappa shape index (κ1) is 27.3. The van der Waals surface area contributed by atoms with Gasteiger partial charge in [-0.15, -0.1) is 0 Å². The van der Waals surface area contributed by atoms with Crippen LogP contribution < -0.4 is 16.4 Å². The Bertz CT molecular complexity index is 1770. The van der Waals surface area contributed by atoms with Gasteiger partial charge in [0.05, 0.1) is 23.9 Å². The number of H-pyrrole nitrogens is 1. The Kier molecular flexibility index (Phi) is 7.05. The predicted molar refractivity (Wildman–Crippen MR) is 154 cm³/mol. The van der Waals surface area contributed by atoms with Crippen LogP contribution in [0.15, 0.2) is 57.2 Å². The maximum Gasteiger partial charge on any atom is 0.289 e. The van der Waals surface area contributed by atoms with E-state index < -0.39 is 18.0 Å². The molecule has 0 bridgehead atoms. The van der Waals surface area contributed by atoms with Gasteiger partial charge in [0.25, 0.3) is 17.1 Å². The molecule has 0 saturated carbocycles. The van der Waals surface area contributed by atoms with Crippen LogP contribution in [-0.2, 0) is 16.8 Å². The van der Waals surface area contributed by atoms with Crippen LogP contribution in [0.3, 0.4) is 0 Å². The molecule has 10 heteroatoms. The van der Waals surface area contributed by atoms with Crippen LogP contribution in [0, 0.1) is 12.7 Å². The van der Waals surface area contributed by atoms with Gasteiger partial charge in [-0.2, -0.15) is 9.78 Å². The van der Waals surface area contributed by atoms with Gasteiger partial charge in [0.1, 0.15) is 17.6 Å².